The molecule has 0 saturated heterocycles. The van der Waals surface area contributed by atoms with Gasteiger partial charge in [0, 0.05) is 22.3 Å². The molecule has 12 heteroatoms. The predicted octanol–water partition coefficient (Wildman–Crippen LogP) is 9.31. The summed E-state index contributed by atoms with van der Waals surface area (Å²) in [6.45, 7) is 3.71. The molecule has 7 aromatic rings. The molecule has 0 saturated carbocycles. The van der Waals surface area contributed by atoms with E-state index in [4.69, 9.17) is 9.97 Å². The molecular formula is C38H16F4N2O4S2. The number of fused-ring (bicyclic) bond motifs is 6. The average molecular weight is 705 g/mol. The Morgan fingerprint density at radius 1 is 0.480 bits per heavy atom. The lowest BCUT2D eigenvalue weighted by molar-refractivity contribution is 0.0975. The van der Waals surface area contributed by atoms with Crippen molar-refractivity contribution in [2.75, 3.05) is 0 Å². The van der Waals surface area contributed by atoms with Gasteiger partial charge in [0.05, 0.1) is 31.6 Å². The number of rotatable bonds is 2. The van der Waals surface area contributed by atoms with Gasteiger partial charge in [0.2, 0.25) is 0 Å². The molecule has 242 valence electrons. The molecule has 0 spiro atoms. The molecule has 50 heavy (non-hydrogen) atoms. The van der Waals surface area contributed by atoms with Crippen molar-refractivity contribution < 1.29 is 36.7 Å². The number of carbonyl (C=O) groups excluding carboxylic acids is 4. The molecule has 0 unspecified atom stereocenters. The molecule has 0 N–H and O–H groups in total. The van der Waals surface area contributed by atoms with Crippen LogP contribution in [0.25, 0.3) is 54.1 Å². The standard InChI is InChI=1S/C38H16F4N2O4S2/c1-13-31-38(50-29(43-31)11-23-33(45)19-3-15-7-25(39)26(40)8-16(15)4-20(19)34(23)46)14(2)32-37(13)49-30(44-32)12-24-35(47)21-5-17-9-27(41)28(42)10-18(17)6-22(21)36(24)48/h3-12H,1-2H3. The van der Waals surface area contributed by atoms with Crippen molar-refractivity contribution in [3.63, 3.8) is 0 Å². The van der Waals surface area contributed by atoms with Gasteiger partial charge in [-0.25, -0.2) is 27.5 Å². The minimum atomic E-state index is -1.05. The van der Waals surface area contributed by atoms with E-state index in [1.54, 1.807) is 0 Å². The van der Waals surface area contributed by atoms with E-state index in [9.17, 15) is 36.7 Å². The van der Waals surface area contributed by atoms with Crippen LogP contribution in [-0.2, 0) is 0 Å². The second-order valence-corrected chi connectivity index (χ2v) is 14.2. The van der Waals surface area contributed by atoms with Gasteiger partial charge in [0.15, 0.2) is 46.4 Å². The topological polar surface area (TPSA) is 94.1 Å². The Morgan fingerprint density at radius 2 is 0.760 bits per heavy atom. The van der Waals surface area contributed by atoms with Crippen LogP contribution in [-0.4, -0.2) is 33.1 Å². The summed E-state index contributed by atoms with van der Waals surface area (Å²) in [4.78, 5) is 62.8. The highest BCUT2D eigenvalue weighted by atomic mass is 32.1. The molecule has 5 aromatic carbocycles. The van der Waals surface area contributed by atoms with Crippen molar-refractivity contribution in [3.05, 3.63) is 126 Å². The zero-order chi connectivity index (χ0) is 34.9. The van der Waals surface area contributed by atoms with Gasteiger partial charge in [-0.1, -0.05) is 0 Å². The highest BCUT2D eigenvalue weighted by Gasteiger charge is 2.35. The lowest BCUT2D eigenvalue weighted by atomic mass is 10.0. The molecular weight excluding hydrogens is 689 g/mol. The Morgan fingerprint density at radius 3 is 1.04 bits per heavy atom. The predicted molar refractivity (Wildman–Crippen MR) is 183 cm³/mol. The first-order chi connectivity index (χ1) is 23.9. The van der Waals surface area contributed by atoms with Gasteiger partial charge in [-0.3, -0.25) is 19.2 Å². The molecule has 2 aromatic heterocycles. The number of halogens is 4. The van der Waals surface area contributed by atoms with Crippen LogP contribution in [0.3, 0.4) is 0 Å². The van der Waals surface area contributed by atoms with Gasteiger partial charge in [0.1, 0.15) is 10.0 Å². The summed E-state index contributed by atoms with van der Waals surface area (Å²) in [6, 6.07) is 9.52. The highest BCUT2D eigenvalue weighted by molar-refractivity contribution is 7.21. The molecule has 2 aliphatic carbocycles. The van der Waals surface area contributed by atoms with Crippen LogP contribution < -0.4 is 0 Å². The maximum absolute atomic E-state index is 13.8. The molecule has 0 atom stereocenters. The van der Waals surface area contributed by atoms with E-state index in [1.165, 1.54) is 59.1 Å². The van der Waals surface area contributed by atoms with Gasteiger partial charge in [0.25, 0.3) is 0 Å². The third-order valence-corrected chi connectivity index (χ3v) is 11.4. The van der Waals surface area contributed by atoms with Crippen LogP contribution in [0.2, 0.25) is 0 Å². The van der Waals surface area contributed by atoms with Gasteiger partial charge in [-0.15, -0.1) is 22.7 Å². The van der Waals surface area contributed by atoms with Gasteiger partial charge in [-0.2, -0.15) is 0 Å². The molecule has 2 aliphatic rings. The van der Waals surface area contributed by atoms with Crippen LogP contribution in [0.1, 0.15) is 62.6 Å². The van der Waals surface area contributed by atoms with Gasteiger partial charge in [-0.05, 0) is 107 Å². The van der Waals surface area contributed by atoms with E-state index in [-0.39, 0.29) is 33.4 Å². The van der Waals surface area contributed by atoms with Crippen molar-refractivity contribution in [3.8, 4) is 0 Å². The zero-order valence-electron chi connectivity index (χ0n) is 25.6. The third kappa shape index (κ3) is 4.24. The number of nitrogens with zero attached hydrogens (tertiary/aromatic N) is 2. The number of ketones is 4. The minimum Gasteiger partial charge on any atom is -0.288 e. The quantitative estimate of drug-likeness (QED) is 0.101. The Bertz CT molecular complexity index is 2540. The van der Waals surface area contributed by atoms with Crippen molar-refractivity contribution in [2.24, 2.45) is 0 Å². The SMILES string of the molecule is Cc1c2nc(C=C3C(=O)c4cc5cc(F)c(F)cc5cc4C3=O)sc2c(C)c2nc(C=C3C(=O)c4cc5cc(F)c(F)cc5cc4C3=O)sc12. The first-order valence-corrected chi connectivity index (χ1v) is 16.7. The van der Waals surface area contributed by atoms with Crippen LogP contribution in [0, 0.1) is 37.1 Å². The summed E-state index contributed by atoms with van der Waals surface area (Å²) >= 11 is 2.53. The van der Waals surface area contributed by atoms with E-state index in [0.717, 1.165) is 44.8 Å². The number of benzene rings is 5. The van der Waals surface area contributed by atoms with Crippen LogP contribution in [0.5, 0.6) is 0 Å². The molecule has 9 rings (SSSR count). The molecule has 2 heterocycles. The summed E-state index contributed by atoms with van der Waals surface area (Å²) in [5, 5.41) is 2.01. The normalized spacial score (nSPS) is 14.3. The summed E-state index contributed by atoms with van der Waals surface area (Å²) in [6.07, 6.45) is 2.86. The minimum absolute atomic E-state index is 0.102. The van der Waals surface area contributed by atoms with Crippen LogP contribution >= 0.6 is 22.7 Å². The Kier molecular flexibility index (Phi) is 6.31. The van der Waals surface area contributed by atoms with E-state index < -0.39 is 46.4 Å². The van der Waals surface area contributed by atoms with E-state index >= 15 is 0 Å². The van der Waals surface area contributed by atoms with E-state index in [0.29, 0.717) is 42.6 Å². The smallest absolute Gasteiger partial charge is 0.197 e. The summed E-state index contributed by atoms with van der Waals surface area (Å²) in [7, 11) is 0. The number of Topliss-reactive ketones (excluding diaryl/α,β-unsaturated/α-hetero) is 4. The third-order valence-electron chi connectivity index (χ3n) is 9.20. The first-order valence-electron chi connectivity index (χ1n) is 15.1. The highest BCUT2D eigenvalue weighted by Crippen LogP contribution is 2.41. The number of allylic oxidation sites excluding steroid dienone is 2. The van der Waals surface area contributed by atoms with Gasteiger partial charge >= 0.3 is 0 Å². The number of carbonyl (C=O) groups is 4. The summed E-state index contributed by atoms with van der Waals surface area (Å²) in [5.74, 6) is -6.35. The number of hydrogen-bond donors (Lipinski definition) is 0. The largest absolute Gasteiger partial charge is 0.288 e. The average Bonchev–Trinajstić information content (AvgIpc) is 3.82. The van der Waals surface area contributed by atoms with Crippen molar-refractivity contribution in [1.82, 2.24) is 9.97 Å². The van der Waals surface area contributed by atoms with E-state index in [2.05, 4.69) is 0 Å². The Hall–Kier alpha value is -5.72. The van der Waals surface area contributed by atoms with Crippen LogP contribution in [0.15, 0.2) is 59.7 Å². The number of aryl methyl sites for hydroxylation is 2. The molecule has 6 nitrogen and oxygen atoms in total. The van der Waals surface area contributed by atoms with Crippen molar-refractivity contribution in [1.29, 1.82) is 0 Å². The summed E-state index contributed by atoms with van der Waals surface area (Å²) < 4.78 is 56.9. The van der Waals surface area contributed by atoms with Crippen LogP contribution in [0.4, 0.5) is 17.6 Å². The van der Waals surface area contributed by atoms with E-state index in [1.807, 2.05) is 13.8 Å². The fourth-order valence-corrected chi connectivity index (χ4v) is 8.80. The Balaban J connectivity index is 1.08. The fourth-order valence-electron chi connectivity index (χ4n) is 6.66. The summed E-state index contributed by atoms with van der Waals surface area (Å²) in [5.41, 5.74) is 3.04. The molecule has 0 radical (unpaired) electrons. The van der Waals surface area contributed by atoms with Crippen molar-refractivity contribution >= 4 is 99.9 Å². The number of thiazole rings is 2. The zero-order valence-corrected chi connectivity index (χ0v) is 27.3. The second kappa shape index (κ2) is 10.4. The maximum atomic E-state index is 13.8. The van der Waals surface area contributed by atoms with Gasteiger partial charge < -0.3 is 0 Å². The molecule has 0 amide bonds. The first kappa shape index (κ1) is 30.3. The lowest BCUT2D eigenvalue weighted by Gasteiger charge is -2.02. The molecule has 0 aliphatic heterocycles. The molecule has 0 bridgehead atoms. The monoisotopic (exact) mass is 704 g/mol. The fraction of sp³-hybridized carbons (Fsp3) is 0.0526. The number of hydrogen-bond acceptors (Lipinski definition) is 8. The van der Waals surface area contributed by atoms with Crippen molar-refractivity contribution in [2.45, 2.75) is 13.8 Å². The Labute approximate surface area is 286 Å². The maximum Gasteiger partial charge on any atom is 0.197 e. The molecule has 0 fully saturated rings. The lowest BCUT2D eigenvalue weighted by Crippen LogP contribution is -2.00. The second-order valence-electron chi connectivity index (χ2n) is 12.2. The number of aromatic nitrogens is 2.